The number of ether oxygens (including phenoxy) is 1. The molecule has 4 heteroatoms. The van der Waals surface area contributed by atoms with Gasteiger partial charge in [0.25, 0.3) is 0 Å². The van der Waals surface area contributed by atoms with Gasteiger partial charge in [0.1, 0.15) is 5.60 Å². The lowest BCUT2D eigenvalue weighted by Crippen LogP contribution is -2.44. The van der Waals surface area contributed by atoms with Crippen LogP contribution >= 0.6 is 0 Å². The highest BCUT2D eigenvalue weighted by Gasteiger charge is 2.61. The van der Waals surface area contributed by atoms with Gasteiger partial charge >= 0.3 is 6.09 Å². The highest BCUT2D eigenvalue weighted by atomic mass is 16.6. The summed E-state index contributed by atoms with van der Waals surface area (Å²) in [5, 5.41) is 0. The normalized spacial score (nSPS) is 43.3. The minimum Gasteiger partial charge on any atom is -0.444 e. The van der Waals surface area contributed by atoms with Gasteiger partial charge in [-0.1, -0.05) is 0 Å². The summed E-state index contributed by atoms with van der Waals surface area (Å²) in [4.78, 5) is 14.0. The van der Waals surface area contributed by atoms with Crippen molar-refractivity contribution in [1.29, 1.82) is 0 Å². The van der Waals surface area contributed by atoms with Crippen molar-refractivity contribution in [2.75, 3.05) is 6.54 Å². The Hall–Kier alpha value is -0.770. The second-order valence-corrected chi connectivity index (χ2v) is 6.84. The number of carbonyl (C=O) groups is 1. The summed E-state index contributed by atoms with van der Waals surface area (Å²) in [6.07, 6.45) is 2.18. The van der Waals surface area contributed by atoms with Crippen molar-refractivity contribution in [3.8, 4) is 0 Å². The third kappa shape index (κ3) is 1.82. The van der Waals surface area contributed by atoms with Gasteiger partial charge < -0.3 is 15.4 Å². The SMILES string of the molecule is CC(C)(C)OC(=O)N1C[C@@H]2C[C@H]1C2[C@@H]1C[C@H]1N. The Bertz CT molecular complexity index is 350. The van der Waals surface area contributed by atoms with Crippen LogP contribution in [0.3, 0.4) is 0 Å². The number of rotatable bonds is 1. The van der Waals surface area contributed by atoms with Crippen molar-refractivity contribution in [2.45, 2.75) is 51.3 Å². The summed E-state index contributed by atoms with van der Waals surface area (Å²) in [5.41, 5.74) is 5.52. The summed E-state index contributed by atoms with van der Waals surface area (Å²) in [6, 6.07) is 0.803. The van der Waals surface area contributed by atoms with Crippen LogP contribution in [-0.4, -0.2) is 35.2 Å². The summed E-state index contributed by atoms with van der Waals surface area (Å²) in [6.45, 7) is 6.63. The molecule has 0 aromatic heterocycles. The number of fused-ring (bicyclic) bond motifs is 1. The predicted molar refractivity (Wildman–Crippen MR) is 64.4 cm³/mol. The van der Waals surface area contributed by atoms with Crippen LogP contribution in [0.1, 0.15) is 33.6 Å². The van der Waals surface area contributed by atoms with Crippen LogP contribution in [0.15, 0.2) is 0 Å². The van der Waals surface area contributed by atoms with E-state index in [0.717, 1.165) is 19.4 Å². The van der Waals surface area contributed by atoms with Crippen LogP contribution in [0.4, 0.5) is 4.79 Å². The third-order valence-electron chi connectivity index (χ3n) is 4.38. The number of hydrogen-bond acceptors (Lipinski definition) is 3. The monoisotopic (exact) mass is 238 g/mol. The van der Waals surface area contributed by atoms with E-state index in [1.54, 1.807) is 0 Å². The first-order valence-electron chi connectivity index (χ1n) is 6.62. The van der Waals surface area contributed by atoms with Gasteiger partial charge in [-0.2, -0.15) is 0 Å². The van der Waals surface area contributed by atoms with E-state index in [4.69, 9.17) is 10.5 Å². The maximum Gasteiger partial charge on any atom is 0.410 e. The Morgan fingerprint density at radius 3 is 2.53 bits per heavy atom. The molecule has 2 aliphatic carbocycles. The fourth-order valence-corrected chi connectivity index (χ4v) is 3.51. The van der Waals surface area contributed by atoms with E-state index in [0.29, 0.717) is 29.8 Å². The van der Waals surface area contributed by atoms with E-state index in [1.807, 2.05) is 25.7 Å². The average molecular weight is 238 g/mol. The van der Waals surface area contributed by atoms with Crippen LogP contribution in [0.2, 0.25) is 0 Å². The summed E-state index contributed by atoms with van der Waals surface area (Å²) in [7, 11) is 0. The Morgan fingerprint density at radius 1 is 1.35 bits per heavy atom. The Balaban J connectivity index is 1.62. The number of nitrogens with two attached hydrogens (primary N) is 1. The molecule has 2 heterocycles. The molecule has 2 aliphatic heterocycles. The average Bonchev–Trinajstić information content (AvgIpc) is 2.66. The fourth-order valence-electron chi connectivity index (χ4n) is 3.51. The van der Waals surface area contributed by atoms with Crippen molar-refractivity contribution in [3.63, 3.8) is 0 Å². The molecule has 0 spiro atoms. The molecule has 0 aromatic carbocycles. The lowest BCUT2D eigenvalue weighted by Gasteiger charge is -2.37. The lowest BCUT2D eigenvalue weighted by molar-refractivity contribution is 0.0187. The summed E-state index contributed by atoms with van der Waals surface area (Å²) in [5.74, 6) is 2.02. The zero-order valence-electron chi connectivity index (χ0n) is 10.8. The van der Waals surface area contributed by atoms with Gasteiger partial charge in [0.15, 0.2) is 0 Å². The van der Waals surface area contributed by atoms with Crippen LogP contribution in [0.25, 0.3) is 0 Å². The highest BCUT2D eigenvalue weighted by molar-refractivity contribution is 5.69. The molecule has 1 amide bonds. The van der Waals surface area contributed by atoms with Gasteiger partial charge in [-0.15, -0.1) is 0 Å². The molecule has 5 atom stereocenters. The molecule has 2 saturated heterocycles. The minimum absolute atomic E-state index is 0.137. The molecule has 0 radical (unpaired) electrons. The molecular formula is C13H22N2O2. The number of nitrogens with zero attached hydrogens (tertiary/aromatic N) is 1. The lowest BCUT2D eigenvalue weighted by atomic mass is 9.71. The number of hydrogen-bond donors (Lipinski definition) is 1. The Kier molecular flexibility index (Phi) is 2.25. The summed E-state index contributed by atoms with van der Waals surface area (Å²) >= 11 is 0. The van der Waals surface area contributed by atoms with E-state index in [2.05, 4.69) is 0 Å². The van der Waals surface area contributed by atoms with E-state index in [1.165, 1.54) is 0 Å². The van der Waals surface area contributed by atoms with Crippen molar-refractivity contribution in [2.24, 2.45) is 23.5 Å². The highest BCUT2D eigenvalue weighted by Crippen LogP contribution is 2.56. The first kappa shape index (κ1) is 11.3. The maximum atomic E-state index is 12.0. The minimum atomic E-state index is -0.393. The van der Waals surface area contributed by atoms with Crippen LogP contribution in [-0.2, 0) is 4.74 Å². The zero-order chi connectivity index (χ0) is 12.4. The van der Waals surface area contributed by atoms with Crippen LogP contribution in [0, 0.1) is 17.8 Å². The van der Waals surface area contributed by atoms with Crippen LogP contribution in [0.5, 0.6) is 0 Å². The molecule has 2 bridgehead atoms. The Morgan fingerprint density at radius 2 is 2.00 bits per heavy atom. The molecule has 4 nitrogen and oxygen atoms in total. The molecule has 1 unspecified atom stereocenters. The molecule has 4 fully saturated rings. The zero-order valence-corrected chi connectivity index (χ0v) is 10.8. The number of amides is 1. The second kappa shape index (κ2) is 3.37. The second-order valence-electron chi connectivity index (χ2n) is 6.84. The maximum absolute atomic E-state index is 12.0. The molecule has 0 aromatic rings. The van der Waals surface area contributed by atoms with Gasteiger partial charge in [0.2, 0.25) is 0 Å². The standard InChI is InChI=1S/C13H22N2O2/c1-13(2,3)17-12(16)15-6-7-4-10(15)11(7)8-5-9(8)14/h7-11H,4-6,14H2,1-3H3/t7-,8+,9+,10-,11?/m0/s1. The molecular weight excluding hydrogens is 216 g/mol. The van der Waals surface area contributed by atoms with E-state index in [9.17, 15) is 4.79 Å². The molecule has 2 saturated carbocycles. The van der Waals surface area contributed by atoms with Gasteiger partial charge in [0, 0.05) is 18.6 Å². The van der Waals surface area contributed by atoms with Gasteiger partial charge in [0.05, 0.1) is 0 Å². The van der Waals surface area contributed by atoms with Crippen LogP contribution < -0.4 is 5.73 Å². The fraction of sp³-hybridized carbons (Fsp3) is 0.923. The summed E-state index contributed by atoms with van der Waals surface area (Å²) < 4.78 is 5.45. The topological polar surface area (TPSA) is 55.6 Å². The van der Waals surface area contributed by atoms with Gasteiger partial charge in [-0.3, -0.25) is 0 Å². The van der Waals surface area contributed by atoms with Crippen molar-refractivity contribution < 1.29 is 9.53 Å². The molecule has 2 N–H and O–H groups in total. The van der Waals surface area contributed by atoms with E-state index >= 15 is 0 Å². The molecule has 4 rings (SSSR count). The van der Waals surface area contributed by atoms with E-state index in [-0.39, 0.29) is 6.09 Å². The largest absolute Gasteiger partial charge is 0.444 e. The Labute approximate surface area is 102 Å². The third-order valence-corrected chi connectivity index (χ3v) is 4.38. The molecule has 17 heavy (non-hydrogen) atoms. The molecule has 96 valence electrons. The molecule has 4 aliphatic rings. The smallest absolute Gasteiger partial charge is 0.410 e. The van der Waals surface area contributed by atoms with Gasteiger partial charge in [-0.05, 0) is 51.4 Å². The van der Waals surface area contributed by atoms with E-state index < -0.39 is 5.60 Å². The van der Waals surface area contributed by atoms with Crippen molar-refractivity contribution in [3.05, 3.63) is 0 Å². The van der Waals surface area contributed by atoms with Gasteiger partial charge in [-0.25, -0.2) is 4.79 Å². The first-order valence-corrected chi connectivity index (χ1v) is 6.62. The van der Waals surface area contributed by atoms with Crippen molar-refractivity contribution >= 4 is 6.09 Å². The quantitative estimate of drug-likeness (QED) is 0.754. The first-order chi connectivity index (χ1) is 7.87. The predicted octanol–water partition coefficient (Wildman–Crippen LogP) is 1.59. The number of carbonyl (C=O) groups excluding carboxylic acids is 1. The van der Waals surface area contributed by atoms with Crippen molar-refractivity contribution in [1.82, 2.24) is 4.90 Å².